The molecular weight excluding hydrogens is 218 g/mol. The molecule has 1 aromatic carbocycles. The Balaban J connectivity index is 2.20. The first-order valence-corrected chi connectivity index (χ1v) is 5.35. The molecule has 2 N–H and O–H groups in total. The van der Waals surface area contributed by atoms with Gasteiger partial charge in [0.15, 0.2) is 5.75 Å². The van der Waals surface area contributed by atoms with Crippen molar-refractivity contribution in [3.63, 3.8) is 0 Å². The molecule has 0 aliphatic rings. The lowest BCUT2D eigenvalue weighted by Crippen LogP contribution is -2.10. The summed E-state index contributed by atoms with van der Waals surface area (Å²) < 4.78 is 10.3. The number of furan rings is 1. The summed E-state index contributed by atoms with van der Waals surface area (Å²) in [7, 11) is 0. The SMILES string of the molecule is CCc1ccoc1C(=O)Oc1ccccc1N. The first kappa shape index (κ1) is 11.3. The highest BCUT2D eigenvalue weighted by atomic mass is 16.5. The first-order valence-electron chi connectivity index (χ1n) is 5.35. The smallest absolute Gasteiger partial charge is 0.379 e. The Kier molecular flexibility index (Phi) is 3.14. The van der Waals surface area contributed by atoms with Crippen LogP contribution in [0, 0.1) is 0 Å². The number of ether oxygens (including phenoxy) is 1. The average molecular weight is 231 g/mol. The van der Waals surface area contributed by atoms with Crippen LogP contribution in [0.5, 0.6) is 5.75 Å². The van der Waals surface area contributed by atoms with Crippen LogP contribution in [0.15, 0.2) is 41.0 Å². The fourth-order valence-electron chi connectivity index (χ4n) is 1.51. The lowest BCUT2D eigenvalue weighted by molar-refractivity contribution is 0.0701. The molecule has 0 amide bonds. The number of benzene rings is 1. The number of carbonyl (C=O) groups is 1. The maximum Gasteiger partial charge on any atom is 0.379 e. The number of nitrogen functional groups attached to an aromatic ring is 1. The summed E-state index contributed by atoms with van der Waals surface area (Å²) in [5.74, 6) is 0.0523. The van der Waals surface area contributed by atoms with Crippen molar-refractivity contribution < 1.29 is 13.9 Å². The van der Waals surface area contributed by atoms with Crippen molar-refractivity contribution in [2.75, 3.05) is 5.73 Å². The molecule has 17 heavy (non-hydrogen) atoms. The van der Waals surface area contributed by atoms with Crippen molar-refractivity contribution in [2.45, 2.75) is 13.3 Å². The average Bonchev–Trinajstić information content (AvgIpc) is 2.80. The van der Waals surface area contributed by atoms with E-state index in [9.17, 15) is 4.79 Å². The summed E-state index contributed by atoms with van der Waals surface area (Å²) in [6.07, 6.45) is 2.19. The van der Waals surface area contributed by atoms with Crippen LogP contribution in [0.2, 0.25) is 0 Å². The minimum absolute atomic E-state index is 0.232. The molecule has 0 atom stereocenters. The predicted octanol–water partition coefficient (Wildman–Crippen LogP) is 2.64. The molecule has 1 aromatic heterocycles. The van der Waals surface area contributed by atoms with Gasteiger partial charge in [-0.15, -0.1) is 0 Å². The maximum atomic E-state index is 11.8. The van der Waals surface area contributed by atoms with E-state index in [1.807, 2.05) is 6.92 Å². The van der Waals surface area contributed by atoms with Gasteiger partial charge in [-0.3, -0.25) is 0 Å². The van der Waals surface area contributed by atoms with Gasteiger partial charge in [-0.2, -0.15) is 0 Å². The van der Waals surface area contributed by atoms with Crippen LogP contribution in [-0.2, 0) is 6.42 Å². The molecule has 4 heteroatoms. The number of carbonyl (C=O) groups excluding carboxylic acids is 1. The van der Waals surface area contributed by atoms with Gasteiger partial charge in [-0.25, -0.2) is 4.79 Å². The zero-order chi connectivity index (χ0) is 12.3. The van der Waals surface area contributed by atoms with Gasteiger partial charge in [0.1, 0.15) is 0 Å². The van der Waals surface area contributed by atoms with Crippen molar-refractivity contribution >= 4 is 11.7 Å². The third-order valence-electron chi connectivity index (χ3n) is 2.43. The molecule has 1 heterocycles. The normalized spacial score (nSPS) is 10.2. The van der Waals surface area contributed by atoms with E-state index in [-0.39, 0.29) is 5.76 Å². The highest BCUT2D eigenvalue weighted by molar-refractivity contribution is 5.90. The Morgan fingerprint density at radius 3 is 2.82 bits per heavy atom. The second-order valence-electron chi connectivity index (χ2n) is 3.56. The number of esters is 1. The molecule has 0 radical (unpaired) electrons. The van der Waals surface area contributed by atoms with E-state index in [1.54, 1.807) is 30.3 Å². The molecule has 0 unspecified atom stereocenters. The van der Waals surface area contributed by atoms with E-state index in [2.05, 4.69) is 0 Å². The zero-order valence-corrected chi connectivity index (χ0v) is 9.47. The van der Waals surface area contributed by atoms with E-state index >= 15 is 0 Å². The number of rotatable bonds is 3. The van der Waals surface area contributed by atoms with Gasteiger partial charge in [0.05, 0.1) is 12.0 Å². The van der Waals surface area contributed by atoms with Crippen LogP contribution in [0.4, 0.5) is 5.69 Å². The molecule has 2 aromatic rings. The lowest BCUT2D eigenvalue weighted by atomic mass is 10.2. The molecule has 0 aliphatic heterocycles. The van der Waals surface area contributed by atoms with E-state index in [0.29, 0.717) is 17.9 Å². The van der Waals surface area contributed by atoms with Gasteiger partial charge >= 0.3 is 5.97 Å². The standard InChI is InChI=1S/C13H13NO3/c1-2-9-7-8-16-12(9)13(15)17-11-6-4-3-5-10(11)14/h3-8H,2,14H2,1H3. The molecule has 0 fully saturated rings. The number of nitrogens with two attached hydrogens (primary N) is 1. The fraction of sp³-hybridized carbons (Fsp3) is 0.154. The third-order valence-corrected chi connectivity index (χ3v) is 2.43. The summed E-state index contributed by atoms with van der Waals surface area (Å²) in [6.45, 7) is 1.94. The van der Waals surface area contributed by atoms with Crippen LogP contribution in [0.3, 0.4) is 0 Å². The maximum absolute atomic E-state index is 11.8. The summed E-state index contributed by atoms with van der Waals surface area (Å²) in [6, 6.07) is 8.59. The molecule has 0 spiro atoms. The van der Waals surface area contributed by atoms with Gasteiger partial charge in [0.2, 0.25) is 5.76 Å². The topological polar surface area (TPSA) is 65.5 Å². The molecular formula is C13H13NO3. The van der Waals surface area contributed by atoms with Gasteiger partial charge in [-0.05, 0) is 24.6 Å². The van der Waals surface area contributed by atoms with Crippen LogP contribution in [0.1, 0.15) is 23.0 Å². The highest BCUT2D eigenvalue weighted by Gasteiger charge is 2.17. The number of aryl methyl sites for hydroxylation is 1. The van der Waals surface area contributed by atoms with Gasteiger partial charge in [0.25, 0.3) is 0 Å². The van der Waals surface area contributed by atoms with Crippen molar-refractivity contribution in [1.29, 1.82) is 0 Å². The van der Waals surface area contributed by atoms with Crippen molar-refractivity contribution in [3.05, 3.63) is 47.9 Å². The molecule has 0 aliphatic carbocycles. The Labute approximate surface area is 99.0 Å². The summed E-state index contributed by atoms with van der Waals surface area (Å²) in [5.41, 5.74) is 6.93. The predicted molar refractivity (Wildman–Crippen MR) is 63.9 cm³/mol. The Morgan fingerprint density at radius 1 is 1.35 bits per heavy atom. The van der Waals surface area contributed by atoms with Crippen molar-refractivity contribution in [2.24, 2.45) is 0 Å². The largest absolute Gasteiger partial charge is 0.457 e. The van der Waals surface area contributed by atoms with Crippen LogP contribution in [-0.4, -0.2) is 5.97 Å². The molecule has 0 bridgehead atoms. The molecule has 0 saturated carbocycles. The van der Waals surface area contributed by atoms with Crippen LogP contribution >= 0.6 is 0 Å². The van der Waals surface area contributed by atoms with Crippen LogP contribution < -0.4 is 10.5 Å². The van der Waals surface area contributed by atoms with E-state index in [0.717, 1.165) is 5.56 Å². The van der Waals surface area contributed by atoms with Crippen molar-refractivity contribution in [1.82, 2.24) is 0 Å². The summed E-state index contributed by atoms with van der Waals surface area (Å²) >= 11 is 0. The Bertz CT molecular complexity index is 531. The van der Waals surface area contributed by atoms with Crippen LogP contribution in [0.25, 0.3) is 0 Å². The fourth-order valence-corrected chi connectivity index (χ4v) is 1.51. The second kappa shape index (κ2) is 4.74. The number of hydrogen-bond acceptors (Lipinski definition) is 4. The van der Waals surface area contributed by atoms with E-state index in [1.165, 1.54) is 6.26 Å². The molecule has 88 valence electrons. The highest BCUT2D eigenvalue weighted by Crippen LogP contribution is 2.22. The first-order chi connectivity index (χ1) is 8.22. The molecule has 0 saturated heterocycles. The van der Waals surface area contributed by atoms with Gasteiger partial charge in [-0.1, -0.05) is 19.1 Å². The second-order valence-corrected chi connectivity index (χ2v) is 3.56. The minimum atomic E-state index is -0.523. The zero-order valence-electron chi connectivity index (χ0n) is 9.47. The van der Waals surface area contributed by atoms with E-state index in [4.69, 9.17) is 14.9 Å². The lowest BCUT2D eigenvalue weighted by Gasteiger charge is -2.05. The van der Waals surface area contributed by atoms with Gasteiger partial charge in [0, 0.05) is 5.56 Å². The summed E-state index contributed by atoms with van der Waals surface area (Å²) in [4.78, 5) is 11.8. The van der Waals surface area contributed by atoms with Crippen molar-refractivity contribution in [3.8, 4) is 5.75 Å². The number of para-hydroxylation sites is 2. The molecule has 4 nitrogen and oxygen atoms in total. The number of hydrogen-bond donors (Lipinski definition) is 1. The third kappa shape index (κ3) is 2.30. The molecule has 2 rings (SSSR count). The Hall–Kier alpha value is -2.23. The quantitative estimate of drug-likeness (QED) is 0.501. The van der Waals surface area contributed by atoms with E-state index < -0.39 is 5.97 Å². The monoisotopic (exact) mass is 231 g/mol. The minimum Gasteiger partial charge on any atom is -0.457 e. The van der Waals surface area contributed by atoms with Gasteiger partial charge < -0.3 is 14.9 Å². The Morgan fingerprint density at radius 2 is 2.12 bits per heavy atom. The number of anilines is 1. The summed E-state index contributed by atoms with van der Waals surface area (Å²) in [5, 5.41) is 0.